The van der Waals surface area contributed by atoms with E-state index in [1.165, 1.54) is 13.2 Å². The maximum absolute atomic E-state index is 11.9. The molecule has 0 heterocycles. The van der Waals surface area contributed by atoms with Crippen LogP contribution in [0.1, 0.15) is 18.9 Å². The van der Waals surface area contributed by atoms with Crippen molar-refractivity contribution in [3.05, 3.63) is 63.7 Å². The van der Waals surface area contributed by atoms with E-state index in [9.17, 15) is 14.4 Å². The van der Waals surface area contributed by atoms with Gasteiger partial charge in [-0.2, -0.15) is 0 Å². The molecule has 0 saturated carbocycles. The van der Waals surface area contributed by atoms with Crippen LogP contribution in [-0.4, -0.2) is 44.5 Å². The summed E-state index contributed by atoms with van der Waals surface area (Å²) in [6, 6.07) is 14.0. The number of halogens is 1. The molecule has 1 N–H and O–H groups in total. The van der Waals surface area contributed by atoms with Gasteiger partial charge in [0.1, 0.15) is 12.4 Å². The Kier molecular flexibility index (Phi) is 10.8. The Bertz CT molecular complexity index is 926. The third kappa shape index (κ3) is 10.0. The maximum atomic E-state index is 11.9. The summed E-state index contributed by atoms with van der Waals surface area (Å²) >= 11 is 2.21. The number of hydrogen-bond donors (Lipinski definition) is 1. The first-order valence-corrected chi connectivity index (χ1v) is 10.8. The van der Waals surface area contributed by atoms with Crippen molar-refractivity contribution >= 4 is 52.2 Å². The van der Waals surface area contributed by atoms with Crippen LogP contribution in [0.3, 0.4) is 0 Å². The zero-order valence-electron chi connectivity index (χ0n) is 17.7. The predicted molar refractivity (Wildman–Crippen MR) is 127 cm³/mol. The molecule has 0 aliphatic heterocycles. The Balaban J connectivity index is 1.70. The SMILES string of the molecule is COC(C)OC(=O)CCOCC(=O)Nc1ccc(OC(=O)/C=C/c2ccc(I)cc2)cc1. The highest BCUT2D eigenvalue weighted by Gasteiger charge is 2.09. The van der Waals surface area contributed by atoms with Crippen molar-refractivity contribution in [1.29, 1.82) is 0 Å². The van der Waals surface area contributed by atoms with Crippen LogP contribution in [0.25, 0.3) is 6.08 Å². The molecular formula is C23H24INO7. The third-order valence-corrected chi connectivity index (χ3v) is 4.67. The van der Waals surface area contributed by atoms with E-state index in [1.54, 1.807) is 37.3 Å². The molecule has 0 fully saturated rings. The number of esters is 2. The minimum atomic E-state index is -0.628. The molecule has 0 saturated heterocycles. The number of amides is 1. The number of ether oxygens (including phenoxy) is 4. The first-order chi connectivity index (χ1) is 15.4. The number of anilines is 1. The van der Waals surface area contributed by atoms with E-state index in [0.717, 1.165) is 9.13 Å². The maximum Gasteiger partial charge on any atom is 0.336 e. The zero-order chi connectivity index (χ0) is 23.3. The van der Waals surface area contributed by atoms with E-state index in [2.05, 4.69) is 27.9 Å². The van der Waals surface area contributed by atoms with Crippen LogP contribution >= 0.6 is 22.6 Å². The van der Waals surface area contributed by atoms with Gasteiger partial charge >= 0.3 is 11.9 Å². The quantitative estimate of drug-likeness (QED) is 0.113. The minimum absolute atomic E-state index is 0.0130. The van der Waals surface area contributed by atoms with Crippen LogP contribution in [-0.2, 0) is 28.6 Å². The molecule has 1 amide bonds. The van der Waals surface area contributed by atoms with Crippen molar-refractivity contribution in [1.82, 2.24) is 0 Å². The van der Waals surface area contributed by atoms with Crippen molar-refractivity contribution in [3.63, 3.8) is 0 Å². The number of methoxy groups -OCH3 is 1. The van der Waals surface area contributed by atoms with Crippen molar-refractivity contribution < 1.29 is 33.3 Å². The van der Waals surface area contributed by atoms with E-state index < -0.39 is 18.2 Å². The third-order valence-electron chi connectivity index (χ3n) is 3.95. The van der Waals surface area contributed by atoms with Crippen molar-refractivity contribution in [3.8, 4) is 5.75 Å². The lowest BCUT2D eigenvalue weighted by atomic mass is 10.2. The van der Waals surface area contributed by atoms with Crippen LogP contribution in [0.2, 0.25) is 0 Å². The molecule has 0 bridgehead atoms. The van der Waals surface area contributed by atoms with Gasteiger partial charge in [-0.3, -0.25) is 9.59 Å². The largest absolute Gasteiger partial charge is 0.436 e. The second-order valence-electron chi connectivity index (χ2n) is 6.47. The Hall–Kier alpha value is -2.76. The monoisotopic (exact) mass is 553 g/mol. The summed E-state index contributed by atoms with van der Waals surface area (Å²) in [5.74, 6) is -1.01. The van der Waals surface area contributed by atoms with Crippen molar-refractivity contribution in [2.75, 3.05) is 25.6 Å². The summed E-state index contributed by atoms with van der Waals surface area (Å²) in [5, 5.41) is 2.65. The topological polar surface area (TPSA) is 100 Å². The number of carbonyl (C=O) groups excluding carboxylic acids is 3. The molecule has 0 aromatic heterocycles. The molecule has 2 aromatic rings. The standard InChI is InChI=1S/C23H24INO7/c1-16(29-2)31-23(28)13-14-30-15-21(26)25-19-8-10-20(11-9-19)32-22(27)12-5-17-3-6-18(24)7-4-17/h3-12,16H,13-15H2,1-2H3,(H,25,26)/b12-5+. The molecule has 0 aliphatic rings. The fourth-order valence-electron chi connectivity index (χ4n) is 2.30. The van der Waals surface area contributed by atoms with Gasteiger partial charge in [0, 0.05) is 22.4 Å². The molecule has 0 aliphatic carbocycles. The number of nitrogens with one attached hydrogen (secondary N) is 1. The molecule has 0 spiro atoms. The summed E-state index contributed by atoms with van der Waals surface area (Å²) in [5.41, 5.74) is 1.41. The first kappa shape index (κ1) is 25.5. The lowest BCUT2D eigenvalue weighted by Gasteiger charge is -2.11. The van der Waals surface area contributed by atoms with E-state index in [1.807, 2.05) is 24.3 Å². The normalized spacial score (nSPS) is 11.7. The summed E-state index contributed by atoms with van der Waals surface area (Å²) in [6.07, 6.45) is 2.40. The van der Waals surface area contributed by atoms with Gasteiger partial charge in [-0.15, -0.1) is 0 Å². The van der Waals surface area contributed by atoms with Crippen molar-refractivity contribution in [2.45, 2.75) is 19.6 Å². The summed E-state index contributed by atoms with van der Waals surface area (Å²) in [4.78, 5) is 35.3. The number of carbonyl (C=O) groups is 3. The average Bonchev–Trinajstić information content (AvgIpc) is 2.77. The molecule has 8 nitrogen and oxygen atoms in total. The summed E-state index contributed by atoms with van der Waals surface area (Å²) in [6.45, 7) is 1.43. The highest BCUT2D eigenvalue weighted by Crippen LogP contribution is 2.16. The fourth-order valence-corrected chi connectivity index (χ4v) is 2.66. The summed E-state index contributed by atoms with van der Waals surface area (Å²) in [7, 11) is 1.43. The van der Waals surface area contributed by atoms with Crippen LogP contribution in [0.4, 0.5) is 5.69 Å². The molecule has 170 valence electrons. The fraction of sp³-hybridized carbons (Fsp3) is 0.261. The second kappa shape index (κ2) is 13.6. The van der Waals surface area contributed by atoms with E-state index in [-0.39, 0.29) is 25.5 Å². The molecule has 2 rings (SSSR count). The van der Waals surface area contributed by atoms with Gasteiger partial charge in [-0.05, 0) is 77.6 Å². The van der Waals surface area contributed by atoms with Gasteiger partial charge in [0.05, 0.1) is 13.0 Å². The van der Waals surface area contributed by atoms with Gasteiger partial charge in [0.2, 0.25) is 5.91 Å². The van der Waals surface area contributed by atoms with Gasteiger partial charge < -0.3 is 24.3 Å². The number of rotatable bonds is 11. The number of hydrogen-bond acceptors (Lipinski definition) is 7. The smallest absolute Gasteiger partial charge is 0.336 e. The highest BCUT2D eigenvalue weighted by molar-refractivity contribution is 14.1. The highest BCUT2D eigenvalue weighted by atomic mass is 127. The number of benzene rings is 2. The predicted octanol–water partition coefficient (Wildman–Crippen LogP) is 3.79. The molecule has 2 aromatic carbocycles. The van der Waals surface area contributed by atoms with Crippen molar-refractivity contribution in [2.24, 2.45) is 0 Å². The molecule has 9 heteroatoms. The Morgan fingerprint density at radius 2 is 1.75 bits per heavy atom. The van der Waals surface area contributed by atoms with Gasteiger partial charge in [-0.1, -0.05) is 12.1 Å². The van der Waals surface area contributed by atoms with E-state index >= 15 is 0 Å². The van der Waals surface area contributed by atoms with Crippen LogP contribution in [0.5, 0.6) is 5.75 Å². The second-order valence-corrected chi connectivity index (χ2v) is 7.72. The molecule has 1 unspecified atom stereocenters. The first-order valence-electron chi connectivity index (χ1n) is 9.71. The minimum Gasteiger partial charge on any atom is -0.436 e. The van der Waals surface area contributed by atoms with Gasteiger partial charge in [-0.25, -0.2) is 4.79 Å². The molecule has 1 atom stereocenters. The molecule has 0 radical (unpaired) electrons. The lowest BCUT2D eigenvalue weighted by molar-refractivity contribution is -0.171. The summed E-state index contributed by atoms with van der Waals surface area (Å²) < 4.78 is 21.2. The average molecular weight is 553 g/mol. The van der Waals surface area contributed by atoms with Gasteiger partial charge in [0.15, 0.2) is 6.29 Å². The zero-order valence-corrected chi connectivity index (χ0v) is 19.9. The van der Waals surface area contributed by atoms with E-state index in [4.69, 9.17) is 18.9 Å². The molecule has 32 heavy (non-hydrogen) atoms. The Labute approximate surface area is 200 Å². The van der Waals surface area contributed by atoms with Crippen LogP contribution < -0.4 is 10.1 Å². The Morgan fingerprint density at radius 3 is 2.41 bits per heavy atom. The van der Waals surface area contributed by atoms with E-state index in [0.29, 0.717) is 11.4 Å². The van der Waals surface area contributed by atoms with Crippen LogP contribution in [0.15, 0.2) is 54.6 Å². The Morgan fingerprint density at radius 1 is 1.06 bits per heavy atom. The van der Waals surface area contributed by atoms with Gasteiger partial charge in [0.25, 0.3) is 0 Å². The molecular weight excluding hydrogens is 529 g/mol. The lowest BCUT2D eigenvalue weighted by Crippen LogP contribution is -2.21. The van der Waals surface area contributed by atoms with Crippen LogP contribution in [0, 0.1) is 3.57 Å².